The van der Waals surface area contributed by atoms with Crippen molar-refractivity contribution in [3.8, 4) is 0 Å². The Kier molecular flexibility index (Phi) is 2.92. The fraction of sp³-hybridized carbons (Fsp3) is 0.300. The predicted octanol–water partition coefficient (Wildman–Crippen LogP) is -1.45. The second kappa shape index (κ2) is 4.40. The molecule has 2 rings (SSSR count). The first kappa shape index (κ1) is 12.0. The Balaban J connectivity index is 2.27. The lowest BCUT2D eigenvalue weighted by atomic mass is 10.2. The summed E-state index contributed by atoms with van der Waals surface area (Å²) in [6, 6.07) is -0.738. The molecule has 1 aliphatic rings. The number of imide groups is 1. The molecule has 3 amide bonds. The van der Waals surface area contributed by atoms with E-state index in [9.17, 15) is 14.4 Å². The summed E-state index contributed by atoms with van der Waals surface area (Å²) in [5.74, 6) is -1.49. The molecule has 0 aliphatic carbocycles. The quantitative estimate of drug-likeness (QED) is 0.587. The standard InChI is InChI=1S/C10H11N5O3/c1-5-9(17)14-8(16)4-15(5)10(18)6-2-12-3-7(11)13-6/h2-3,5H,4H2,1H3,(H2,11,13)(H,14,16,17). The molecule has 0 bridgehead atoms. The van der Waals surface area contributed by atoms with E-state index in [4.69, 9.17) is 5.73 Å². The van der Waals surface area contributed by atoms with Gasteiger partial charge in [0.25, 0.3) is 5.91 Å². The van der Waals surface area contributed by atoms with E-state index in [1.807, 2.05) is 0 Å². The summed E-state index contributed by atoms with van der Waals surface area (Å²) < 4.78 is 0. The van der Waals surface area contributed by atoms with Crippen molar-refractivity contribution in [3.05, 3.63) is 18.1 Å². The highest BCUT2D eigenvalue weighted by molar-refractivity contribution is 6.06. The van der Waals surface area contributed by atoms with Gasteiger partial charge in [-0.3, -0.25) is 24.7 Å². The molecule has 0 spiro atoms. The Labute approximate surface area is 102 Å². The molecule has 2 heterocycles. The molecule has 1 saturated heterocycles. The fourth-order valence-corrected chi connectivity index (χ4v) is 1.59. The third-order valence-corrected chi connectivity index (χ3v) is 2.56. The number of piperazine rings is 1. The van der Waals surface area contributed by atoms with Crippen molar-refractivity contribution in [2.24, 2.45) is 0 Å². The molecule has 18 heavy (non-hydrogen) atoms. The highest BCUT2D eigenvalue weighted by Crippen LogP contribution is 2.10. The normalized spacial score (nSPS) is 19.6. The van der Waals surface area contributed by atoms with Crippen molar-refractivity contribution in [1.29, 1.82) is 0 Å². The third kappa shape index (κ3) is 2.12. The molecule has 8 nitrogen and oxygen atoms in total. The minimum absolute atomic E-state index is 0.00403. The van der Waals surface area contributed by atoms with Crippen molar-refractivity contribution in [2.45, 2.75) is 13.0 Å². The van der Waals surface area contributed by atoms with E-state index in [1.165, 1.54) is 19.3 Å². The van der Waals surface area contributed by atoms with Crippen LogP contribution in [0, 0.1) is 0 Å². The summed E-state index contributed by atoms with van der Waals surface area (Å²) in [6.07, 6.45) is 2.54. The number of nitrogens with two attached hydrogens (primary N) is 1. The second-order valence-electron chi connectivity index (χ2n) is 3.85. The van der Waals surface area contributed by atoms with Crippen LogP contribution in [0.15, 0.2) is 12.4 Å². The molecule has 1 aromatic heterocycles. The molecule has 1 aromatic rings. The average molecular weight is 249 g/mol. The highest BCUT2D eigenvalue weighted by atomic mass is 16.2. The van der Waals surface area contributed by atoms with Crippen molar-refractivity contribution in [3.63, 3.8) is 0 Å². The van der Waals surface area contributed by atoms with Gasteiger partial charge in [-0.05, 0) is 6.92 Å². The van der Waals surface area contributed by atoms with Gasteiger partial charge in [-0.1, -0.05) is 0 Å². The number of hydrogen-bond acceptors (Lipinski definition) is 6. The smallest absolute Gasteiger partial charge is 0.275 e. The maximum absolute atomic E-state index is 12.1. The van der Waals surface area contributed by atoms with Crippen LogP contribution in [0.1, 0.15) is 17.4 Å². The van der Waals surface area contributed by atoms with Gasteiger partial charge in [-0.15, -0.1) is 0 Å². The SMILES string of the molecule is CC1C(=O)NC(=O)CN1C(=O)c1cncc(N)n1. The van der Waals surface area contributed by atoms with Gasteiger partial charge in [0.2, 0.25) is 11.8 Å². The third-order valence-electron chi connectivity index (χ3n) is 2.56. The number of nitrogen functional groups attached to an aromatic ring is 1. The lowest BCUT2D eigenvalue weighted by Gasteiger charge is -2.31. The predicted molar refractivity (Wildman–Crippen MR) is 60.1 cm³/mol. The van der Waals surface area contributed by atoms with Gasteiger partial charge in [0.15, 0.2) is 0 Å². The minimum atomic E-state index is -0.738. The maximum atomic E-state index is 12.1. The lowest BCUT2D eigenvalue weighted by Crippen LogP contribution is -2.58. The van der Waals surface area contributed by atoms with Crippen LogP contribution >= 0.6 is 0 Å². The maximum Gasteiger partial charge on any atom is 0.275 e. The van der Waals surface area contributed by atoms with Crippen LogP contribution in [0.3, 0.4) is 0 Å². The highest BCUT2D eigenvalue weighted by Gasteiger charge is 2.34. The number of anilines is 1. The van der Waals surface area contributed by atoms with Gasteiger partial charge < -0.3 is 10.6 Å². The zero-order valence-corrected chi connectivity index (χ0v) is 9.58. The van der Waals surface area contributed by atoms with Gasteiger partial charge in [-0.25, -0.2) is 4.98 Å². The number of aromatic nitrogens is 2. The van der Waals surface area contributed by atoms with Gasteiger partial charge in [0.1, 0.15) is 24.1 Å². The number of nitrogens with one attached hydrogen (secondary N) is 1. The molecule has 1 fully saturated rings. The molecule has 3 N–H and O–H groups in total. The summed E-state index contributed by atoms with van der Waals surface area (Å²) in [6.45, 7) is 1.33. The van der Waals surface area contributed by atoms with Crippen LogP contribution in [0.25, 0.3) is 0 Å². The molecule has 0 radical (unpaired) electrons. The van der Waals surface area contributed by atoms with Gasteiger partial charge in [0, 0.05) is 0 Å². The number of rotatable bonds is 1. The van der Waals surface area contributed by atoms with Gasteiger partial charge in [0.05, 0.1) is 12.4 Å². The molecule has 0 saturated carbocycles. The van der Waals surface area contributed by atoms with Gasteiger partial charge in [-0.2, -0.15) is 0 Å². The van der Waals surface area contributed by atoms with Gasteiger partial charge >= 0.3 is 0 Å². The Morgan fingerprint density at radius 1 is 1.50 bits per heavy atom. The largest absolute Gasteiger partial charge is 0.382 e. The van der Waals surface area contributed by atoms with E-state index >= 15 is 0 Å². The molecule has 94 valence electrons. The molecule has 1 atom stereocenters. The number of nitrogens with zero attached hydrogens (tertiary/aromatic N) is 3. The van der Waals surface area contributed by atoms with Crippen LogP contribution in [0.5, 0.6) is 0 Å². The first-order valence-corrected chi connectivity index (χ1v) is 5.21. The summed E-state index contributed by atoms with van der Waals surface area (Å²) >= 11 is 0. The lowest BCUT2D eigenvalue weighted by molar-refractivity contribution is -0.138. The number of carbonyl (C=O) groups excluding carboxylic acids is 3. The Morgan fingerprint density at radius 3 is 2.89 bits per heavy atom. The summed E-state index contributed by atoms with van der Waals surface area (Å²) in [4.78, 5) is 43.5. The van der Waals surface area contributed by atoms with E-state index < -0.39 is 23.8 Å². The molecule has 1 unspecified atom stereocenters. The van der Waals surface area contributed by atoms with E-state index in [-0.39, 0.29) is 18.1 Å². The van der Waals surface area contributed by atoms with Crippen LogP contribution in [-0.4, -0.2) is 45.2 Å². The summed E-state index contributed by atoms with van der Waals surface area (Å²) in [5, 5.41) is 2.14. The number of carbonyl (C=O) groups is 3. The summed E-state index contributed by atoms with van der Waals surface area (Å²) in [5.41, 5.74) is 5.43. The number of hydrogen-bond donors (Lipinski definition) is 2. The second-order valence-corrected chi connectivity index (χ2v) is 3.85. The molecule has 0 aromatic carbocycles. The van der Waals surface area contributed by atoms with Crippen molar-refractivity contribution < 1.29 is 14.4 Å². The summed E-state index contributed by atoms with van der Waals surface area (Å²) in [7, 11) is 0. The molecular formula is C10H11N5O3. The van der Waals surface area contributed by atoms with Crippen LogP contribution < -0.4 is 11.1 Å². The molecule has 1 aliphatic heterocycles. The van der Waals surface area contributed by atoms with Crippen LogP contribution in [0.2, 0.25) is 0 Å². The van der Waals surface area contributed by atoms with Crippen molar-refractivity contribution in [1.82, 2.24) is 20.2 Å². The molecular weight excluding hydrogens is 238 g/mol. The van der Waals surface area contributed by atoms with Crippen LogP contribution in [-0.2, 0) is 9.59 Å². The van der Waals surface area contributed by atoms with E-state index in [2.05, 4.69) is 15.3 Å². The molecule has 8 heteroatoms. The van der Waals surface area contributed by atoms with Crippen LogP contribution in [0.4, 0.5) is 5.82 Å². The van der Waals surface area contributed by atoms with Crippen molar-refractivity contribution in [2.75, 3.05) is 12.3 Å². The monoisotopic (exact) mass is 249 g/mol. The topological polar surface area (TPSA) is 118 Å². The Morgan fingerprint density at radius 2 is 2.22 bits per heavy atom. The number of amides is 3. The first-order valence-electron chi connectivity index (χ1n) is 5.21. The average Bonchev–Trinajstić information content (AvgIpc) is 2.33. The van der Waals surface area contributed by atoms with Crippen molar-refractivity contribution >= 4 is 23.5 Å². The minimum Gasteiger partial charge on any atom is -0.382 e. The zero-order chi connectivity index (χ0) is 13.3. The van der Waals surface area contributed by atoms with E-state index in [1.54, 1.807) is 0 Å². The first-order chi connectivity index (χ1) is 8.49. The fourth-order valence-electron chi connectivity index (χ4n) is 1.59. The Bertz CT molecular complexity index is 530. The zero-order valence-electron chi connectivity index (χ0n) is 9.58. The van der Waals surface area contributed by atoms with E-state index in [0.29, 0.717) is 0 Å². The van der Waals surface area contributed by atoms with E-state index in [0.717, 1.165) is 4.90 Å². The Hall–Kier alpha value is -2.51.